The number of hydrogen-bond donors (Lipinski definition) is 1. The summed E-state index contributed by atoms with van der Waals surface area (Å²) in [6.45, 7) is 1.06. The number of amides is 1. The third-order valence-corrected chi connectivity index (χ3v) is 4.60. The number of ether oxygens (including phenoxy) is 2. The summed E-state index contributed by atoms with van der Waals surface area (Å²) in [6, 6.07) is 15.2. The van der Waals surface area contributed by atoms with Gasteiger partial charge in [-0.05, 0) is 12.1 Å². The number of carbonyl (C=O) groups is 1. The standard InChI is InChI=1S/C18H14N2O3S/c21-17(16-11-19-18(24-16)12-4-2-1-3-5-12)20-13-6-7-14-15(10-13)23-9-8-22-14/h1-7,10-11H,8-9H2,(H,20,21). The van der Waals surface area contributed by atoms with E-state index in [4.69, 9.17) is 9.47 Å². The van der Waals surface area contributed by atoms with Crippen LogP contribution in [-0.4, -0.2) is 24.1 Å². The van der Waals surface area contributed by atoms with Crippen molar-refractivity contribution in [3.8, 4) is 22.1 Å². The molecule has 1 aliphatic rings. The minimum Gasteiger partial charge on any atom is -0.486 e. The minimum atomic E-state index is -0.189. The molecule has 0 unspecified atom stereocenters. The van der Waals surface area contributed by atoms with Gasteiger partial charge in [-0.3, -0.25) is 4.79 Å². The van der Waals surface area contributed by atoms with E-state index in [0.29, 0.717) is 35.3 Å². The molecular weight excluding hydrogens is 324 g/mol. The van der Waals surface area contributed by atoms with Crippen LogP contribution < -0.4 is 14.8 Å². The first-order valence-electron chi connectivity index (χ1n) is 7.52. The van der Waals surface area contributed by atoms with Crippen LogP contribution in [0.3, 0.4) is 0 Å². The SMILES string of the molecule is O=C(Nc1ccc2c(c1)OCCO2)c1cnc(-c2ccccc2)s1. The fourth-order valence-electron chi connectivity index (χ4n) is 2.41. The highest BCUT2D eigenvalue weighted by atomic mass is 32.1. The van der Waals surface area contributed by atoms with Crippen molar-refractivity contribution in [3.05, 3.63) is 59.6 Å². The van der Waals surface area contributed by atoms with Gasteiger partial charge in [0.15, 0.2) is 11.5 Å². The molecule has 0 spiro atoms. The van der Waals surface area contributed by atoms with E-state index < -0.39 is 0 Å². The summed E-state index contributed by atoms with van der Waals surface area (Å²) in [7, 11) is 0. The van der Waals surface area contributed by atoms with Crippen LogP contribution >= 0.6 is 11.3 Å². The van der Waals surface area contributed by atoms with E-state index in [1.54, 1.807) is 24.4 Å². The van der Waals surface area contributed by atoms with Gasteiger partial charge in [0.25, 0.3) is 5.91 Å². The van der Waals surface area contributed by atoms with Gasteiger partial charge in [0.1, 0.15) is 23.1 Å². The van der Waals surface area contributed by atoms with E-state index in [1.165, 1.54) is 11.3 Å². The van der Waals surface area contributed by atoms with Crippen LogP contribution in [0.25, 0.3) is 10.6 Å². The topological polar surface area (TPSA) is 60.5 Å². The Balaban J connectivity index is 1.51. The van der Waals surface area contributed by atoms with Gasteiger partial charge >= 0.3 is 0 Å². The fourth-order valence-corrected chi connectivity index (χ4v) is 3.22. The molecule has 1 aliphatic heterocycles. The molecule has 0 radical (unpaired) electrons. The van der Waals surface area contributed by atoms with Crippen molar-refractivity contribution in [1.82, 2.24) is 4.98 Å². The molecule has 4 rings (SSSR count). The summed E-state index contributed by atoms with van der Waals surface area (Å²) < 4.78 is 11.0. The smallest absolute Gasteiger partial charge is 0.267 e. The average molecular weight is 338 g/mol. The lowest BCUT2D eigenvalue weighted by Crippen LogP contribution is -2.16. The van der Waals surface area contributed by atoms with Gasteiger partial charge in [0.2, 0.25) is 0 Å². The molecule has 0 bridgehead atoms. The van der Waals surface area contributed by atoms with E-state index in [2.05, 4.69) is 10.3 Å². The number of benzene rings is 2. The van der Waals surface area contributed by atoms with Crippen LogP contribution in [-0.2, 0) is 0 Å². The Hall–Kier alpha value is -2.86. The van der Waals surface area contributed by atoms with Gasteiger partial charge in [0.05, 0.1) is 6.20 Å². The highest BCUT2D eigenvalue weighted by Gasteiger charge is 2.15. The van der Waals surface area contributed by atoms with Gasteiger partial charge in [0, 0.05) is 17.3 Å². The summed E-state index contributed by atoms with van der Waals surface area (Å²) in [4.78, 5) is 17.3. The Morgan fingerprint density at radius 1 is 1.04 bits per heavy atom. The highest BCUT2D eigenvalue weighted by Crippen LogP contribution is 2.33. The maximum atomic E-state index is 12.4. The molecule has 1 N–H and O–H groups in total. The summed E-state index contributed by atoms with van der Waals surface area (Å²) in [5.41, 5.74) is 1.67. The molecule has 120 valence electrons. The van der Waals surface area contributed by atoms with Gasteiger partial charge < -0.3 is 14.8 Å². The fraction of sp³-hybridized carbons (Fsp3) is 0.111. The lowest BCUT2D eigenvalue weighted by Gasteiger charge is -2.18. The van der Waals surface area contributed by atoms with E-state index in [1.807, 2.05) is 30.3 Å². The van der Waals surface area contributed by atoms with Crippen LogP contribution in [0.15, 0.2) is 54.7 Å². The third kappa shape index (κ3) is 2.96. The summed E-state index contributed by atoms with van der Waals surface area (Å²) in [5, 5.41) is 3.69. The molecule has 1 aromatic heterocycles. The van der Waals surface area contributed by atoms with Gasteiger partial charge in [-0.2, -0.15) is 0 Å². The van der Waals surface area contributed by atoms with Gasteiger partial charge in [-0.1, -0.05) is 30.3 Å². The van der Waals surface area contributed by atoms with Crippen molar-refractivity contribution in [1.29, 1.82) is 0 Å². The lowest BCUT2D eigenvalue weighted by molar-refractivity contribution is 0.103. The second kappa shape index (κ2) is 6.33. The zero-order chi connectivity index (χ0) is 16.4. The number of aromatic nitrogens is 1. The predicted molar refractivity (Wildman–Crippen MR) is 92.9 cm³/mol. The number of anilines is 1. The van der Waals surface area contributed by atoms with Crippen LogP contribution in [0.2, 0.25) is 0 Å². The van der Waals surface area contributed by atoms with E-state index in [9.17, 15) is 4.79 Å². The van der Waals surface area contributed by atoms with Crippen molar-refractivity contribution in [2.24, 2.45) is 0 Å². The minimum absolute atomic E-state index is 0.189. The second-order valence-electron chi connectivity index (χ2n) is 5.21. The molecule has 1 amide bonds. The highest BCUT2D eigenvalue weighted by molar-refractivity contribution is 7.17. The molecule has 0 atom stereocenters. The first-order valence-corrected chi connectivity index (χ1v) is 8.33. The van der Waals surface area contributed by atoms with Gasteiger partial charge in [-0.15, -0.1) is 11.3 Å². The van der Waals surface area contributed by atoms with Crippen molar-refractivity contribution in [2.45, 2.75) is 0 Å². The van der Waals surface area contributed by atoms with Crippen molar-refractivity contribution >= 4 is 22.9 Å². The Morgan fingerprint density at radius 2 is 1.83 bits per heavy atom. The Labute approximate surface area is 142 Å². The molecule has 5 nitrogen and oxygen atoms in total. The number of carbonyl (C=O) groups excluding carboxylic acids is 1. The molecule has 0 aliphatic carbocycles. The number of hydrogen-bond acceptors (Lipinski definition) is 5. The maximum absolute atomic E-state index is 12.4. The van der Waals surface area contributed by atoms with Crippen molar-refractivity contribution in [2.75, 3.05) is 18.5 Å². The van der Waals surface area contributed by atoms with E-state index in [-0.39, 0.29) is 5.91 Å². The number of nitrogens with zero attached hydrogens (tertiary/aromatic N) is 1. The van der Waals surface area contributed by atoms with Crippen LogP contribution in [0.1, 0.15) is 9.67 Å². The van der Waals surface area contributed by atoms with Crippen LogP contribution in [0.5, 0.6) is 11.5 Å². The second-order valence-corrected chi connectivity index (χ2v) is 6.24. The van der Waals surface area contributed by atoms with Crippen LogP contribution in [0, 0.1) is 0 Å². The molecule has 0 saturated heterocycles. The number of thiazole rings is 1. The van der Waals surface area contributed by atoms with Crippen LogP contribution in [0.4, 0.5) is 5.69 Å². The molecule has 2 aromatic carbocycles. The molecule has 2 heterocycles. The number of nitrogens with one attached hydrogen (secondary N) is 1. The quantitative estimate of drug-likeness (QED) is 0.788. The molecular formula is C18H14N2O3S. The van der Waals surface area contributed by atoms with E-state index in [0.717, 1.165) is 10.6 Å². The third-order valence-electron chi connectivity index (χ3n) is 3.55. The summed E-state index contributed by atoms with van der Waals surface area (Å²) in [6.07, 6.45) is 1.60. The van der Waals surface area contributed by atoms with Gasteiger partial charge in [-0.25, -0.2) is 4.98 Å². The predicted octanol–water partition coefficient (Wildman–Crippen LogP) is 3.83. The monoisotopic (exact) mass is 338 g/mol. The van der Waals surface area contributed by atoms with E-state index >= 15 is 0 Å². The van der Waals surface area contributed by atoms with Crippen molar-refractivity contribution in [3.63, 3.8) is 0 Å². The molecule has 0 fully saturated rings. The molecule has 24 heavy (non-hydrogen) atoms. The average Bonchev–Trinajstić information content (AvgIpc) is 3.13. The summed E-state index contributed by atoms with van der Waals surface area (Å²) in [5.74, 6) is 1.16. The molecule has 3 aromatic rings. The largest absolute Gasteiger partial charge is 0.486 e. The summed E-state index contributed by atoms with van der Waals surface area (Å²) >= 11 is 1.36. The lowest BCUT2D eigenvalue weighted by atomic mass is 10.2. The Bertz CT molecular complexity index is 877. The normalized spacial score (nSPS) is 12.7. The molecule has 0 saturated carbocycles. The number of rotatable bonds is 3. The number of fused-ring (bicyclic) bond motifs is 1. The Kier molecular flexibility index (Phi) is 3.88. The zero-order valence-electron chi connectivity index (χ0n) is 12.7. The maximum Gasteiger partial charge on any atom is 0.267 e. The zero-order valence-corrected chi connectivity index (χ0v) is 13.5. The van der Waals surface area contributed by atoms with Crippen molar-refractivity contribution < 1.29 is 14.3 Å². The molecule has 6 heteroatoms. The Morgan fingerprint density at radius 3 is 2.67 bits per heavy atom. The first-order chi connectivity index (χ1) is 11.8. The first kappa shape index (κ1) is 14.7.